The molecule has 0 aromatic heterocycles. The Balaban J connectivity index is 1.20. The number of carbonyl (C=O) groups is 2. The van der Waals surface area contributed by atoms with E-state index in [0.717, 1.165) is 43.7 Å². The van der Waals surface area contributed by atoms with Crippen LogP contribution in [0.3, 0.4) is 0 Å². The molecule has 2 aromatic carbocycles. The van der Waals surface area contributed by atoms with Crippen molar-refractivity contribution in [2.24, 2.45) is 5.41 Å². The van der Waals surface area contributed by atoms with Crippen molar-refractivity contribution >= 4 is 17.6 Å². The fourth-order valence-electron chi connectivity index (χ4n) is 5.35. The van der Waals surface area contributed by atoms with Gasteiger partial charge in [-0.25, -0.2) is 9.18 Å². The van der Waals surface area contributed by atoms with Gasteiger partial charge in [0.2, 0.25) is 0 Å². The quantitative estimate of drug-likeness (QED) is 0.749. The molecular weight excluding hydrogens is 407 g/mol. The molecule has 1 atom stereocenters. The zero-order valence-electron chi connectivity index (χ0n) is 18.2. The van der Waals surface area contributed by atoms with E-state index in [0.29, 0.717) is 24.3 Å². The molecule has 2 N–H and O–H groups in total. The van der Waals surface area contributed by atoms with E-state index in [1.54, 1.807) is 35.2 Å². The number of amides is 3. The average Bonchev–Trinajstić information content (AvgIpc) is 3.23. The van der Waals surface area contributed by atoms with Crippen LogP contribution in [0.15, 0.2) is 42.5 Å². The molecule has 0 aliphatic carbocycles. The van der Waals surface area contributed by atoms with Crippen LogP contribution in [0.5, 0.6) is 0 Å². The Bertz CT molecular complexity index is 1010. The zero-order valence-corrected chi connectivity index (χ0v) is 18.2. The number of anilines is 1. The Morgan fingerprint density at radius 3 is 2.53 bits per heavy atom. The summed E-state index contributed by atoms with van der Waals surface area (Å²) in [7, 11) is 0. The second-order valence-corrected chi connectivity index (χ2v) is 9.39. The fourth-order valence-corrected chi connectivity index (χ4v) is 5.35. The van der Waals surface area contributed by atoms with Crippen LogP contribution >= 0.6 is 0 Å². The van der Waals surface area contributed by atoms with Crippen LogP contribution in [0.1, 0.15) is 47.2 Å². The number of halogens is 1. The van der Waals surface area contributed by atoms with Gasteiger partial charge in [-0.3, -0.25) is 4.79 Å². The molecule has 2 aromatic rings. The minimum absolute atomic E-state index is 0.0598. The standard InChI is InChI=1S/C25H29FN4O2/c26-21-6-3-19-14-30(15-20(19)13-21)24(32)28-22-7-4-18(5-8-22)23(31)29-12-2-10-25(17-29)9-1-11-27-16-25/h3-8,13,27H,1-2,9-12,14-17H2,(H,28,32). The Labute approximate surface area is 187 Å². The number of hydrogen-bond donors (Lipinski definition) is 2. The molecule has 7 heteroatoms. The molecule has 32 heavy (non-hydrogen) atoms. The molecule has 3 amide bonds. The summed E-state index contributed by atoms with van der Waals surface area (Å²) in [6.07, 6.45) is 4.58. The summed E-state index contributed by atoms with van der Waals surface area (Å²) in [6, 6.07) is 11.5. The second kappa shape index (κ2) is 8.54. The van der Waals surface area contributed by atoms with Crippen molar-refractivity contribution in [1.29, 1.82) is 0 Å². The van der Waals surface area contributed by atoms with E-state index < -0.39 is 0 Å². The Hall–Kier alpha value is -2.93. The number of fused-ring (bicyclic) bond motifs is 1. The molecule has 1 unspecified atom stereocenters. The monoisotopic (exact) mass is 436 g/mol. The van der Waals surface area contributed by atoms with Crippen LogP contribution < -0.4 is 10.6 Å². The summed E-state index contributed by atoms with van der Waals surface area (Å²) in [4.78, 5) is 29.4. The minimum atomic E-state index is -0.286. The molecule has 6 nitrogen and oxygen atoms in total. The number of nitrogens with one attached hydrogen (secondary N) is 2. The van der Waals surface area contributed by atoms with Crippen LogP contribution in [0.4, 0.5) is 14.9 Å². The average molecular weight is 437 g/mol. The first-order valence-corrected chi connectivity index (χ1v) is 11.4. The summed E-state index contributed by atoms with van der Waals surface area (Å²) in [5, 5.41) is 6.39. The summed E-state index contributed by atoms with van der Waals surface area (Å²) in [5.74, 6) is -0.227. The van der Waals surface area contributed by atoms with Gasteiger partial charge in [-0.2, -0.15) is 0 Å². The number of urea groups is 1. The second-order valence-electron chi connectivity index (χ2n) is 9.39. The van der Waals surface area contributed by atoms with Crippen molar-refractivity contribution in [2.45, 2.75) is 38.8 Å². The highest BCUT2D eigenvalue weighted by atomic mass is 19.1. The molecular formula is C25H29FN4O2. The first kappa shape index (κ1) is 20.9. The van der Waals surface area contributed by atoms with Crippen LogP contribution in [0.2, 0.25) is 0 Å². The van der Waals surface area contributed by atoms with Gasteiger partial charge in [0.15, 0.2) is 0 Å². The third-order valence-electron chi connectivity index (χ3n) is 7.07. The minimum Gasteiger partial charge on any atom is -0.338 e. The molecule has 2 saturated heterocycles. The summed E-state index contributed by atoms with van der Waals surface area (Å²) in [6.45, 7) is 4.53. The van der Waals surface area contributed by atoms with Gasteiger partial charge in [-0.1, -0.05) is 6.07 Å². The van der Waals surface area contributed by atoms with Crippen molar-refractivity contribution in [3.05, 3.63) is 65.0 Å². The summed E-state index contributed by atoms with van der Waals surface area (Å²) < 4.78 is 13.4. The lowest BCUT2D eigenvalue weighted by Gasteiger charge is -2.45. The van der Waals surface area contributed by atoms with E-state index in [9.17, 15) is 14.0 Å². The van der Waals surface area contributed by atoms with E-state index in [1.165, 1.54) is 31.4 Å². The molecule has 3 aliphatic heterocycles. The molecule has 0 saturated carbocycles. The molecule has 0 bridgehead atoms. The highest BCUT2D eigenvalue weighted by Crippen LogP contribution is 2.36. The fraction of sp³-hybridized carbons (Fsp3) is 0.440. The first-order valence-electron chi connectivity index (χ1n) is 11.4. The van der Waals surface area contributed by atoms with Crippen molar-refractivity contribution in [3.8, 4) is 0 Å². The number of likely N-dealkylation sites (tertiary alicyclic amines) is 1. The maximum absolute atomic E-state index is 13.4. The maximum atomic E-state index is 13.4. The van der Waals surface area contributed by atoms with Crippen LogP contribution in [-0.2, 0) is 13.1 Å². The van der Waals surface area contributed by atoms with Gasteiger partial charge in [-0.05, 0) is 79.8 Å². The first-order chi connectivity index (χ1) is 15.5. The van der Waals surface area contributed by atoms with Gasteiger partial charge in [0.25, 0.3) is 5.91 Å². The van der Waals surface area contributed by atoms with E-state index >= 15 is 0 Å². The molecule has 1 spiro atoms. The smallest absolute Gasteiger partial charge is 0.322 e. The molecule has 2 fully saturated rings. The number of carbonyl (C=O) groups excluding carboxylic acids is 2. The number of benzene rings is 2. The lowest BCUT2D eigenvalue weighted by molar-refractivity contribution is 0.0434. The highest BCUT2D eigenvalue weighted by molar-refractivity contribution is 5.95. The molecule has 0 radical (unpaired) electrons. The van der Waals surface area contributed by atoms with Gasteiger partial charge in [0.05, 0.1) is 0 Å². The number of piperidine rings is 2. The molecule has 5 rings (SSSR count). The highest BCUT2D eigenvalue weighted by Gasteiger charge is 2.38. The lowest BCUT2D eigenvalue weighted by Crippen LogP contribution is -2.52. The van der Waals surface area contributed by atoms with Crippen LogP contribution in [-0.4, -0.2) is 47.9 Å². The largest absolute Gasteiger partial charge is 0.338 e. The van der Waals surface area contributed by atoms with Gasteiger partial charge < -0.3 is 20.4 Å². The number of nitrogens with zero attached hydrogens (tertiary/aromatic N) is 2. The van der Waals surface area contributed by atoms with E-state index in [-0.39, 0.29) is 23.2 Å². The third kappa shape index (κ3) is 4.21. The zero-order chi connectivity index (χ0) is 22.1. The summed E-state index contributed by atoms with van der Waals surface area (Å²) in [5.41, 5.74) is 3.31. The van der Waals surface area contributed by atoms with E-state index in [2.05, 4.69) is 10.6 Å². The normalized spacial score (nSPS) is 22.7. The van der Waals surface area contributed by atoms with Gasteiger partial charge in [0.1, 0.15) is 5.82 Å². The topological polar surface area (TPSA) is 64.7 Å². The predicted molar refractivity (Wildman–Crippen MR) is 121 cm³/mol. The molecule has 168 valence electrons. The lowest BCUT2D eigenvalue weighted by atomic mass is 9.74. The van der Waals surface area contributed by atoms with Crippen LogP contribution in [0.25, 0.3) is 0 Å². The Morgan fingerprint density at radius 1 is 0.969 bits per heavy atom. The number of rotatable bonds is 2. The third-order valence-corrected chi connectivity index (χ3v) is 7.07. The Kier molecular flexibility index (Phi) is 5.59. The van der Waals surface area contributed by atoms with Crippen molar-refractivity contribution in [1.82, 2.24) is 15.1 Å². The SMILES string of the molecule is O=C(Nc1ccc(C(=O)N2CCCC3(CCCNC3)C2)cc1)N1Cc2ccc(F)cc2C1. The maximum Gasteiger partial charge on any atom is 0.322 e. The van der Waals surface area contributed by atoms with Crippen molar-refractivity contribution in [3.63, 3.8) is 0 Å². The van der Waals surface area contributed by atoms with Crippen molar-refractivity contribution in [2.75, 3.05) is 31.5 Å². The van der Waals surface area contributed by atoms with Crippen molar-refractivity contribution < 1.29 is 14.0 Å². The van der Waals surface area contributed by atoms with Gasteiger partial charge in [0, 0.05) is 49.4 Å². The summed E-state index contributed by atoms with van der Waals surface area (Å²) >= 11 is 0. The van der Waals surface area contributed by atoms with Gasteiger partial charge in [-0.15, -0.1) is 0 Å². The van der Waals surface area contributed by atoms with Crippen LogP contribution in [0, 0.1) is 11.2 Å². The predicted octanol–water partition coefficient (Wildman–Crippen LogP) is 3.98. The van der Waals surface area contributed by atoms with E-state index in [4.69, 9.17) is 0 Å². The Morgan fingerprint density at radius 2 is 1.75 bits per heavy atom. The number of hydrogen-bond acceptors (Lipinski definition) is 3. The molecule has 3 heterocycles. The van der Waals surface area contributed by atoms with E-state index in [1.807, 2.05) is 4.90 Å². The molecule has 3 aliphatic rings. The van der Waals surface area contributed by atoms with Gasteiger partial charge >= 0.3 is 6.03 Å².